The van der Waals surface area contributed by atoms with Gasteiger partial charge in [-0.15, -0.1) is 0 Å². The molecule has 2 atom stereocenters. The maximum atomic E-state index is 13.8. The van der Waals surface area contributed by atoms with Crippen molar-refractivity contribution >= 4 is 6.03 Å². The minimum absolute atomic E-state index is 0.0830. The number of hydrogen-bond donors (Lipinski definition) is 2. The number of alkyl halides is 1. The van der Waals surface area contributed by atoms with Crippen LogP contribution in [0.2, 0.25) is 0 Å². The molecule has 0 spiro atoms. The molecule has 0 saturated carbocycles. The first kappa shape index (κ1) is 17.7. The first-order chi connectivity index (χ1) is 11.1. The summed E-state index contributed by atoms with van der Waals surface area (Å²) >= 11 is 0. The van der Waals surface area contributed by atoms with Crippen molar-refractivity contribution < 1.29 is 13.9 Å². The topological polar surface area (TPSA) is 53.6 Å². The predicted molar refractivity (Wildman–Crippen MR) is 87.9 cm³/mol. The van der Waals surface area contributed by atoms with E-state index < -0.39 is 6.17 Å². The second kappa shape index (κ2) is 8.84. The molecular formula is C17H26FN3O2. The number of carbonyl (C=O) groups is 1. The van der Waals surface area contributed by atoms with Gasteiger partial charge in [-0.05, 0) is 24.1 Å². The molecule has 6 heteroatoms. The van der Waals surface area contributed by atoms with E-state index in [1.807, 2.05) is 24.3 Å². The van der Waals surface area contributed by atoms with Crippen LogP contribution in [0.4, 0.5) is 9.18 Å². The van der Waals surface area contributed by atoms with Gasteiger partial charge in [0, 0.05) is 39.7 Å². The Morgan fingerprint density at radius 1 is 1.39 bits per heavy atom. The molecule has 1 heterocycles. The molecule has 0 aromatic heterocycles. The molecule has 2 rings (SSSR count). The second-order valence-corrected chi connectivity index (χ2v) is 6.06. The monoisotopic (exact) mass is 323 g/mol. The Kier molecular flexibility index (Phi) is 6.80. The van der Waals surface area contributed by atoms with Crippen molar-refractivity contribution in [3.8, 4) is 0 Å². The Morgan fingerprint density at radius 2 is 2.09 bits per heavy atom. The summed E-state index contributed by atoms with van der Waals surface area (Å²) in [5.41, 5.74) is 2.12. The predicted octanol–water partition coefficient (Wildman–Crippen LogP) is 1.92. The van der Waals surface area contributed by atoms with Gasteiger partial charge in [0.25, 0.3) is 0 Å². The highest BCUT2D eigenvalue weighted by Gasteiger charge is 2.26. The van der Waals surface area contributed by atoms with Gasteiger partial charge in [-0.2, -0.15) is 0 Å². The largest absolute Gasteiger partial charge is 0.380 e. The maximum Gasteiger partial charge on any atom is 0.317 e. The summed E-state index contributed by atoms with van der Waals surface area (Å²) in [7, 11) is 3.38. The number of carbonyl (C=O) groups excluding carboxylic acids is 1. The van der Waals surface area contributed by atoms with Gasteiger partial charge in [-0.3, -0.25) is 0 Å². The van der Waals surface area contributed by atoms with Crippen LogP contribution in [0.1, 0.15) is 17.5 Å². The fraction of sp³-hybridized carbons (Fsp3) is 0.588. The summed E-state index contributed by atoms with van der Waals surface area (Å²) in [6.45, 7) is 2.68. The van der Waals surface area contributed by atoms with Gasteiger partial charge in [0.15, 0.2) is 0 Å². The third kappa shape index (κ3) is 5.48. The lowest BCUT2D eigenvalue weighted by molar-refractivity contribution is 0.141. The van der Waals surface area contributed by atoms with Crippen molar-refractivity contribution in [2.24, 2.45) is 5.92 Å². The van der Waals surface area contributed by atoms with Crippen LogP contribution < -0.4 is 10.6 Å². The van der Waals surface area contributed by atoms with E-state index in [9.17, 15) is 9.18 Å². The first-order valence-electron chi connectivity index (χ1n) is 8.00. The highest BCUT2D eigenvalue weighted by molar-refractivity contribution is 5.73. The number of amides is 2. The normalized spacial score (nSPS) is 21.0. The van der Waals surface area contributed by atoms with Crippen molar-refractivity contribution in [1.82, 2.24) is 15.5 Å². The molecule has 128 valence electrons. The zero-order valence-corrected chi connectivity index (χ0v) is 13.8. The van der Waals surface area contributed by atoms with Gasteiger partial charge in [0.2, 0.25) is 0 Å². The quantitative estimate of drug-likeness (QED) is 0.841. The summed E-state index contributed by atoms with van der Waals surface area (Å²) in [5, 5.41) is 5.90. The van der Waals surface area contributed by atoms with E-state index in [0.29, 0.717) is 26.2 Å². The molecular weight excluding hydrogens is 297 g/mol. The summed E-state index contributed by atoms with van der Waals surface area (Å²) in [5.74, 6) is -0.0830. The highest BCUT2D eigenvalue weighted by atomic mass is 19.1. The van der Waals surface area contributed by atoms with Crippen molar-refractivity contribution in [2.75, 3.05) is 33.8 Å². The first-order valence-corrected chi connectivity index (χ1v) is 8.00. The zero-order valence-electron chi connectivity index (χ0n) is 13.8. The van der Waals surface area contributed by atoms with Crippen molar-refractivity contribution in [2.45, 2.75) is 25.7 Å². The summed E-state index contributed by atoms with van der Waals surface area (Å²) in [4.78, 5) is 13.7. The van der Waals surface area contributed by atoms with Gasteiger partial charge in [0.05, 0.1) is 6.61 Å². The lowest BCUT2D eigenvalue weighted by Crippen LogP contribution is -2.46. The standard InChI is InChI=1S/C17H26FN3O2/c1-21(11-15-7-8-19-10-16(15)18)17(22)20-9-13-3-5-14(6-4-13)12-23-2/h3-6,15-16,19H,7-12H2,1-2H3,(H,20,22). The van der Waals surface area contributed by atoms with Gasteiger partial charge in [0.1, 0.15) is 6.17 Å². The van der Waals surface area contributed by atoms with Crippen molar-refractivity contribution in [1.29, 1.82) is 0 Å². The average Bonchev–Trinajstić information content (AvgIpc) is 2.56. The van der Waals surface area contributed by atoms with Crippen LogP contribution in [0.15, 0.2) is 24.3 Å². The molecule has 2 unspecified atom stereocenters. The Hall–Kier alpha value is -1.66. The maximum absolute atomic E-state index is 13.8. The van der Waals surface area contributed by atoms with E-state index in [4.69, 9.17) is 4.74 Å². The molecule has 1 aliphatic heterocycles. The molecule has 1 aliphatic rings. The van der Waals surface area contributed by atoms with Crippen LogP contribution in [0.5, 0.6) is 0 Å². The van der Waals surface area contributed by atoms with Crippen LogP contribution >= 0.6 is 0 Å². The van der Waals surface area contributed by atoms with Gasteiger partial charge in [-0.25, -0.2) is 9.18 Å². The number of nitrogens with zero attached hydrogens (tertiary/aromatic N) is 1. The SMILES string of the molecule is COCc1ccc(CNC(=O)N(C)CC2CCNCC2F)cc1. The third-order valence-electron chi connectivity index (χ3n) is 4.18. The van der Waals surface area contributed by atoms with Crippen LogP contribution in [-0.4, -0.2) is 50.9 Å². The number of benzene rings is 1. The lowest BCUT2D eigenvalue weighted by Gasteiger charge is -2.30. The molecule has 1 saturated heterocycles. The van der Waals surface area contributed by atoms with E-state index in [2.05, 4.69) is 10.6 Å². The summed E-state index contributed by atoms with van der Waals surface area (Å²) in [6, 6.07) is 7.74. The molecule has 1 aromatic carbocycles. The molecule has 0 radical (unpaired) electrons. The molecule has 1 fully saturated rings. The van der Waals surface area contributed by atoms with Crippen molar-refractivity contribution in [3.05, 3.63) is 35.4 Å². The molecule has 2 amide bonds. The van der Waals surface area contributed by atoms with E-state index in [1.54, 1.807) is 19.1 Å². The summed E-state index contributed by atoms with van der Waals surface area (Å²) < 4.78 is 18.9. The Bertz CT molecular complexity index is 495. The molecule has 2 N–H and O–H groups in total. The Morgan fingerprint density at radius 3 is 2.74 bits per heavy atom. The van der Waals surface area contributed by atoms with Crippen LogP contribution in [0, 0.1) is 5.92 Å². The molecule has 0 bridgehead atoms. The van der Waals surface area contributed by atoms with E-state index in [-0.39, 0.29) is 11.9 Å². The number of piperidine rings is 1. The zero-order chi connectivity index (χ0) is 16.7. The van der Waals surface area contributed by atoms with Gasteiger partial charge in [-0.1, -0.05) is 24.3 Å². The van der Waals surface area contributed by atoms with Crippen LogP contribution in [-0.2, 0) is 17.9 Å². The molecule has 0 aliphatic carbocycles. The number of ether oxygens (including phenoxy) is 1. The number of methoxy groups -OCH3 is 1. The Labute approximate surface area is 137 Å². The lowest BCUT2D eigenvalue weighted by atomic mass is 9.96. The van der Waals surface area contributed by atoms with Gasteiger partial charge >= 0.3 is 6.03 Å². The number of halogens is 1. The highest BCUT2D eigenvalue weighted by Crippen LogP contribution is 2.16. The molecule has 1 aromatic rings. The Balaban J connectivity index is 1.76. The fourth-order valence-electron chi connectivity index (χ4n) is 2.75. The van der Waals surface area contributed by atoms with Crippen molar-refractivity contribution in [3.63, 3.8) is 0 Å². The van der Waals surface area contributed by atoms with E-state index in [0.717, 1.165) is 24.1 Å². The van der Waals surface area contributed by atoms with Crippen LogP contribution in [0.25, 0.3) is 0 Å². The third-order valence-corrected chi connectivity index (χ3v) is 4.18. The van der Waals surface area contributed by atoms with Crippen LogP contribution in [0.3, 0.4) is 0 Å². The van der Waals surface area contributed by atoms with Gasteiger partial charge < -0.3 is 20.3 Å². The number of rotatable bonds is 6. The second-order valence-electron chi connectivity index (χ2n) is 6.06. The molecule has 23 heavy (non-hydrogen) atoms. The minimum Gasteiger partial charge on any atom is -0.380 e. The van der Waals surface area contributed by atoms with E-state index >= 15 is 0 Å². The summed E-state index contributed by atoms with van der Waals surface area (Å²) in [6.07, 6.45) is -0.118. The van der Waals surface area contributed by atoms with E-state index in [1.165, 1.54) is 0 Å². The number of urea groups is 1. The minimum atomic E-state index is -0.882. The smallest absolute Gasteiger partial charge is 0.317 e. The fourth-order valence-corrected chi connectivity index (χ4v) is 2.75. The number of hydrogen-bond acceptors (Lipinski definition) is 3. The molecule has 5 nitrogen and oxygen atoms in total. The number of nitrogens with one attached hydrogen (secondary N) is 2. The average molecular weight is 323 g/mol.